The zero-order valence-electron chi connectivity index (χ0n) is 29.3. The fraction of sp³-hybridized carbons (Fsp3) is 0.0612. The van der Waals surface area contributed by atoms with Crippen molar-refractivity contribution in [1.29, 1.82) is 0 Å². The van der Waals surface area contributed by atoms with Gasteiger partial charge in [0.1, 0.15) is 11.2 Å². The second-order valence-electron chi connectivity index (χ2n) is 14.6. The number of nitrogens with zero attached hydrogens (tertiary/aromatic N) is 3. The number of furan rings is 1. The summed E-state index contributed by atoms with van der Waals surface area (Å²) in [5, 5.41) is 4.61. The summed E-state index contributed by atoms with van der Waals surface area (Å²) in [5.41, 5.74) is 14.9. The number of hydrogen-bond acceptors (Lipinski definition) is 3. The minimum atomic E-state index is -0.178. The maximum absolute atomic E-state index is 6.57. The first kappa shape index (κ1) is 29.9. The van der Waals surface area contributed by atoms with Crippen LogP contribution in [0.3, 0.4) is 0 Å². The second-order valence-corrected chi connectivity index (χ2v) is 14.6. The van der Waals surface area contributed by atoms with E-state index in [4.69, 9.17) is 14.4 Å². The first-order chi connectivity index (χ1) is 26.0. The fourth-order valence-corrected chi connectivity index (χ4v) is 8.81. The number of rotatable bonds is 4. The molecule has 0 fully saturated rings. The van der Waals surface area contributed by atoms with E-state index < -0.39 is 0 Å². The molecular formula is C49H33N3O. The van der Waals surface area contributed by atoms with Crippen LogP contribution in [0.1, 0.15) is 25.0 Å². The smallest absolute Gasteiger partial charge is 0.235 e. The monoisotopic (exact) mass is 679 g/mol. The topological polar surface area (TPSA) is 43.9 Å². The molecule has 0 spiro atoms. The van der Waals surface area contributed by atoms with Crippen LogP contribution in [-0.2, 0) is 5.41 Å². The van der Waals surface area contributed by atoms with E-state index in [9.17, 15) is 0 Å². The Balaban J connectivity index is 1.21. The van der Waals surface area contributed by atoms with E-state index in [0.717, 1.165) is 66.6 Å². The minimum absolute atomic E-state index is 0.178. The highest BCUT2D eigenvalue weighted by Crippen LogP contribution is 2.53. The Morgan fingerprint density at radius 3 is 2.08 bits per heavy atom. The highest BCUT2D eigenvalue weighted by Gasteiger charge is 2.38. The average molecular weight is 680 g/mol. The molecule has 0 bridgehead atoms. The lowest BCUT2D eigenvalue weighted by molar-refractivity contribution is 0.666. The molecule has 0 aliphatic heterocycles. The third kappa shape index (κ3) is 4.36. The van der Waals surface area contributed by atoms with Crippen LogP contribution >= 0.6 is 0 Å². The summed E-state index contributed by atoms with van der Waals surface area (Å²) in [5.74, 6) is 0.621. The maximum atomic E-state index is 6.57. The Morgan fingerprint density at radius 1 is 0.491 bits per heavy atom. The molecule has 0 unspecified atom stereocenters. The van der Waals surface area contributed by atoms with E-state index in [0.29, 0.717) is 5.95 Å². The van der Waals surface area contributed by atoms with Crippen molar-refractivity contribution in [3.8, 4) is 50.7 Å². The molecule has 0 N–H and O–H groups in total. The van der Waals surface area contributed by atoms with Crippen molar-refractivity contribution in [1.82, 2.24) is 14.5 Å². The van der Waals surface area contributed by atoms with Gasteiger partial charge in [-0.05, 0) is 69.8 Å². The minimum Gasteiger partial charge on any atom is -0.455 e. The number of hydrogen-bond donors (Lipinski definition) is 0. The SMILES string of the molecule is CC1(C)c2ccccc2-c2ccc3c(c21)c1ccccc1n3-c1nc(-c2cccc(-c3ccccc3)c2)cc(-c2cccc3c2oc2ccccc23)n1. The van der Waals surface area contributed by atoms with Crippen LogP contribution in [0.25, 0.3) is 94.5 Å². The van der Waals surface area contributed by atoms with E-state index in [1.807, 2.05) is 12.1 Å². The first-order valence-electron chi connectivity index (χ1n) is 18.2. The number of aromatic nitrogens is 3. The van der Waals surface area contributed by atoms with E-state index in [1.165, 1.54) is 33.0 Å². The van der Waals surface area contributed by atoms with Gasteiger partial charge in [0.25, 0.3) is 0 Å². The van der Waals surface area contributed by atoms with Crippen molar-refractivity contribution in [2.45, 2.75) is 19.3 Å². The lowest BCUT2D eigenvalue weighted by Crippen LogP contribution is -2.15. The van der Waals surface area contributed by atoms with Crippen LogP contribution in [0, 0.1) is 0 Å². The zero-order valence-corrected chi connectivity index (χ0v) is 29.3. The molecule has 0 saturated carbocycles. The van der Waals surface area contributed by atoms with Gasteiger partial charge in [-0.2, -0.15) is 0 Å². The number of para-hydroxylation sites is 3. The van der Waals surface area contributed by atoms with Crippen LogP contribution in [0.15, 0.2) is 168 Å². The molecule has 53 heavy (non-hydrogen) atoms. The van der Waals surface area contributed by atoms with E-state index in [-0.39, 0.29) is 5.41 Å². The Kier molecular flexibility index (Phi) is 6.27. The van der Waals surface area contributed by atoms with Crippen molar-refractivity contribution in [3.05, 3.63) is 175 Å². The molecule has 0 atom stereocenters. The van der Waals surface area contributed by atoms with Gasteiger partial charge >= 0.3 is 0 Å². The van der Waals surface area contributed by atoms with Gasteiger partial charge in [-0.3, -0.25) is 4.57 Å². The van der Waals surface area contributed by atoms with Gasteiger partial charge < -0.3 is 4.42 Å². The van der Waals surface area contributed by atoms with Gasteiger partial charge in [0, 0.05) is 38.1 Å². The standard InChI is InChI=1S/C49H33N3O/c1-49(2)39-23-9-6-18-33(39)35-26-27-43-45(46(35)49)38-20-7-10-24-42(38)52(43)48-50-40(32-17-12-16-31(28-32)30-14-4-3-5-15-30)29-41(51-48)37-22-13-21-36-34-19-8-11-25-44(34)53-47(36)37/h3-29H,1-2H3. The van der Waals surface area contributed by atoms with Crippen LogP contribution in [-0.4, -0.2) is 14.5 Å². The van der Waals surface area contributed by atoms with Crippen molar-refractivity contribution < 1.29 is 4.42 Å². The van der Waals surface area contributed by atoms with Crippen LogP contribution in [0.5, 0.6) is 0 Å². The number of fused-ring (bicyclic) bond motifs is 10. The van der Waals surface area contributed by atoms with Crippen molar-refractivity contribution in [2.24, 2.45) is 0 Å². The van der Waals surface area contributed by atoms with Crippen molar-refractivity contribution in [2.75, 3.05) is 0 Å². The summed E-state index contributed by atoms with van der Waals surface area (Å²) in [6.45, 7) is 4.71. The maximum Gasteiger partial charge on any atom is 0.235 e. The highest BCUT2D eigenvalue weighted by molar-refractivity contribution is 6.14. The summed E-state index contributed by atoms with van der Waals surface area (Å²) in [6.07, 6.45) is 0. The van der Waals surface area contributed by atoms with Gasteiger partial charge in [0.2, 0.25) is 5.95 Å². The van der Waals surface area contributed by atoms with Gasteiger partial charge in [-0.1, -0.05) is 141 Å². The molecule has 10 aromatic rings. The Bertz CT molecular complexity index is 3090. The van der Waals surface area contributed by atoms with E-state index in [2.05, 4.69) is 170 Å². The fourth-order valence-electron chi connectivity index (χ4n) is 8.81. The molecule has 0 saturated heterocycles. The van der Waals surface area contributed by atoms with Gasteiger partial charge in [0.05, 0.1) is 22.4 Å². The van der Waals surface area contributed by atoms with Gasteiger partial charge in [-0.25, -0.2) is 9.97 Å². The lowest BCUT2D eigenvalue weighted by Gasteiger charge is -2.22. The summed E-state index contributed by atoms with van der Waals surface area (Å²) in [7, 11) is 0. The molecule has 1 aliphatic rings. The average Bonchev–Trinajstić information content (AvgIpc) is 3.84. The summed E-state index contributed by atoms with van der Waals surface area (Å²) in [6, 6.07) is 57.9. The Morgan fingerprint density at radius 2 is 1.17 bits per heavy atom. The Labute approximate surface area is 306 Å². The Hall–Kier alpha value is -6.78. The van der Waals surface area contributed by atoms with Gasteiger partial charge in [0.15, 0.2) is 0 Å². The molecule has 4 nitrogen and oxygen atoms in total. The molecular weight excluding hydrogens is 647 g/mol. The second kappa shape index (κ2) is 11.1. The molecule has 3 heterocycles. The predicted molar refractivity (Wildman–Crippen MR) is 218 cm³/mol. The quantitative estimate of drug-likeness (QED) is 0.186. The summed E-state index contributed by atoms with van der Waals surface area (Å²) >= 11 is 0. The first-order valence-corrected chi connectivity index (χ1v) is 18.2. The molecule has 1 aliphatic carbocycles. The zero-order chi connectivity index (χ0) is 35.3. The van der Waals surface area contributed by atoms with Crippen molar-refractivity contribution >= 4 is 43.7 Å². The predicted octanol–water partition coefficient (Wildman–Crippen LogP) is 12.8. The summed E-state index contributed by atoms with van der Waals surface area (Å²) in [4.78, 5) is 10.9. The van der Waals surface area contributed by atoms with E-state index in [1.54, 1.807) is 0 Å². The highest BCUT2D eigenvalue weighted by atomic mass is 16.3. The third-order valence-electron chi connectivity index (χ3n) is 11.2. The molecule has 11 rings (SSSR count). The lowest BCUT2D eigenvalue weighted by atomic mass is 9.80. The normalized spacial score (nSPS) is 13.2. The molecule has 0 amide bonds. The van der Waals surface area contributed by atoms with Crippen molar-refractivity contribution in [3.63, 3.8) is 0 Å². The van der Waals surface area contributed by atoms with Crippen LogP contribution < -0.4 is 0 Å². The molecule has 4 heteroatoms. The third-order valence-corrected chi connectivity index (χ3v) is 11.2. The largest absolute Gasteiger partial charge is 0.455 e. The molecule has 7 aromatic carbocycles. The molecule has 0 radical (unpaired) electrons. The van der Waals surface area contributed by atoms with E-state index >= 15 is 0 Å². The summed E-state index contributed by atoms with van der Waals surface area (Å²) < 4.78 is 8.83. The molecule has 3 aromatic heterocycles. The molecule has 250 valence electrons. The number of benzene rings is 7. The van der Waals surface area contributed by atoms with Gasteiger partial charge in [-0.15, -0.1) is 0 Å². The van der Waals surface area contributed by atoms with Crippen LogP contribution in [0.4, 0.5) is 0 Å². The van der Waals surface area contributed by atoms with Crippen LogP contribution in [0.2, 0.25) is 0 Å².